The molecule has 0 aliphatic carbocycles. The van der Waals surface area contributed by atoms with E-state index >= 15 is 0 Å². The number of oxazole rings is 1. The van der Waals surface area contributed by atoms with Gasteiger partial charge in [-0.2, -0.15) is 0 Å². The Labute approximate surface area is 154 Å². The third-order valence-corrected chi connectivity index (χ3v) is 5.01. The molecule has 26 heavy (non-hydrogen) atoms. The lowest BCUT2D eigenvalue weighted by atomic mass is 10.2. The first kappa shape index (κ1) is 16.9. The van der Waals surface area contributed by atoms with Crippen LogP contribution in [0.4, 0.5) is 0 Å². The van der Waals surface area contributed by atoms with Crippen molar-refractivity contribution < 1.29 is 4.42 Å². The van der Waals surface area contributed by atoms with Crippen molar-refractivity contribution in [2.24, 2.45) is 0 Å². The first-order valence-electron chi connectivity index (χ1n) is 9.17. The summed E-state index contributed by atoms with van der Waals surface area (Å²) >= 11 is 0. The van der Waals surface area contributed by atoms with Crippen LogP contribution in [0.1, 0.15) is 24.6 Å². The summed E-state index contributed by atoms with van der Waals surface area (Å²) in [5.74, 6) is 1.63. The van der Waals surface area contributed by atoms with Gasteiger partial charge in [-0.15, -0.1) is 0 Å². The van der Waals surface area contributed by atoms with Crippen LogP contribution in [-0.4, -0.2) is 45.9 Å². The van der Waals surface area contributed by atoms with Crippen molar-refractivity contribution >= 4 is 0 Å². The summed E-state index contributed by atoms with van der Waals surface area (Å²) in [6.45, 7) is 7.18. The summed E-state index contributed by atoms with van der Waals surface area (Å²) in [5.41, 5.74) is 2.20. The molecule has 134 valence electrons. The average molecular weight is 348 g/mol. The molecular weight excluding hydrogens is 324 g/mol. The molecular formula is C21H24N4O. The third-order valence-electron chi connectivity index (χ3n) is 5.01. The molecule has 0 amide bonds. The van der Waals surface area contributed by atoms with Crippen LogP contribution in [0.25, 0.3) is 11.3 Å². The number of aromatic nitrogens is 2. The minimum absolute atomic E-state index is 0.185. The first-order chi connectivity index (χ1) is 12.8. The molecule has 1 fully saturated rings. The summed E-state index contributed by atoms with van der Waals surface area (Å²) < 4.78 is 6.03. The van der Waals surface area contributed by atoms with Gasteiger partial charge in [-0.3, -0.25) is 14.8 Å². The highest BCUT2D eigenvalue weighted by Crippen LogP contribution is 2.26. The normalized spacial score (nSPS) is 17.3. The highest BCUT2D eigenvalue weighted by molar-refractivity contribution is 5.55. The van der Waals surface area contributed by atoms with Gasteiger partial charge >= 0.3 is 0 Å². The van der Waals surface area contributed by atoms with Gasteiger partial charge in [0.1, 0.15) is 0 Å². The second-order valence-electron chi connectivity index (χ2n) is 6.74. The zero-order valence-corrected chi connectivity index (χ0v) is 15.1. The molecule has 1 aromatic carbocycles. The van der Waals surface area contributed by atoms with Crippen molar-refractivity contribution in [2.45, 2.75) is 19.5 Å². The fourth-order valence-electron chi connectivity index (χ4n) is 3.40. The highest BCUT2D eigenvalue weighted by atomic mass is 16.4. The van der Waals surface area contributed by atoms with Crippen molar-refractivity contribution in [1.82, 2.24) is 19.8 Å². The minimum atomic E-state index is 0.185. The third kappa shape index (κ3) is 3.84. The molecule has 0 spiro atoms. The summed E-state index contributed by atoms with van der Waals surface area (Å²) in [6, 6.07) is 16.4. The van der Waals surface area contributed by atoms with Crippen LogP contribution >= 0.6 is 0 Å². The van der Waals surface area contributed by atoms with Gasteiger partial charge in [0, 0.05) is 44.5 Å². The molecule has 0 unspecified atom stereocenters. The van der Waals surface area contributed by atoms with Crippen LogP contribution in [0.2, 0.25) is 0 Å². The summed E-state index contributed by atoms with van der Waals surface area (Å²) in [4.78, 5) is 13.8. The second kappa shape index (κ2) is 7.81. The van der Waals surface area contributed by atoms with E-state index in [9.17, 15) is 0 Å². The van der Waals surface area contributed by atoms with Gasteiger partial charge in [0.15, 0.2) is 5.76 Å². The number of hydrogen-bond acceptors (Lipinski definition) is 5. The van der Waals surface area contributed by atoms with E-state index in [-0.39, 0.29) is 6.04 Å². The van der Waals surface area contributed by atoms with Gasteiger partial charge in [0.25, 0.3) is 0 Å². The number of piperazine rings is 1. The lowest BCUT2D eigenvalue weighted by Gasteiger charge is -2.36. The van der Waals surface area contributed by atoms with Crippen molar-refractivity contribution in [2.75, 3.05) is 26.2 Å². The number of hydrogen-bond donors (Lipinski definition) is 0. The lowest BCUT2D eigenvalue weighted by molar-refractivity contribution is 0.0870. The molecule has 0 N–H and O–H groups in total. The van der Waals surface area contributed by atoms with Crippen LogP contribution < -0.4 is 0 Å². The maximum absolute atomic E-state index is 6.03. The molecule has 2 aromatic heterocycles. The second-order valence-corrected chi connectivity index (χ2v) is 6.74. The smallest absolute Gasteiger partial charge is 0.211 e. The number of rotatable bonds is 5. The predicted octanol–water partition coefficient (Wildman–Crippen LogP) is 3.62. The Balaban J connectivity index is 1.35. The Bertz CT molecular complexity index is 810. The molecule has 0 radical (unpaired) electrons. The van der Waals surface area contributed by atoms with Crippen LogP contribution in [0.5, 0.6) is 0 Å². The van der Waals surface area contributed by atoms with E-state index in [2.05, 4.69) is 32.8 Å². The first-order valence-corrected chi connectivity index (χ1v) is 9.17. The number of nitrogens with zero attached hydrogens (tertiary/aromatic N) is 4. The molecule has 4 rings (SSSR count). The van der Waals surface area contributed by atoms with Gasteiger partial charge in [-0.25, -0.2) is 4.98 Å². The Hall–Kier alpha value is -2.50. The predicted molar refractivity (Wildman–Crippen MR) is 101 cm³/mol. The highest BCUT2D eigenvalue weighted by Gasteiger charge is 2.25. The van der Waals surface area contributed by atoms with E-state index in [1.54, 1.807) is 0 Å². The van der Waals surface area contributed by atoms with Crippen LogP contribution in [0.3, 0.4) is 0 Å². The van der Waals surface area contributed by atoms with Gasteiger partial charge in [-0.1, -0.05) is 36.4 Å². The quantitative estimate of drug-likeness (QED) is 0.705. The zero-order valence-electron chi connectivity index (χ0n) is 15.1. The van der Waals surface area contributed by atoms with Gasteiger partial charge < -0.3 is 4.42 Å². The van der Waals surface area contributed by atoms with E-state index in [0.717, 1.165) is 55.6 Å². The standard InChI is InChI=1S/C21H24N4O/c1-17(21-23-15-20(26-21)18-7-3-2-4-8-18)25-13-11-24(12-14-25)16-19-9-5-6-10-22-19/h2-10,15,17H,11-14,16H2,1H3/t17-/m1/s1. The summed E-state index contributed by atoms with van der Waals surface area (Å²) in [7, 11) is 0. The van der Waals surface area contributed by atoms with E-state index in [1.165, 1.54) is 0 Å². The molecule has 0 saturated carbocycles. The van der Waals surface area contributed by atoms with Crippen molar-refractivity contribution in [3.05, 3.63) is 72.5 Å². The van der Waals surface area contributed by atoms with Crippen LogP contribution in [0, 0.1) is 0 Å². The maximum atomic E-state index is 6.03. The van der Waals surface area contributed by atoms with Crippen molar-refractivity contribution in [3.63, 3.8) is 0 Å². The molecule has 5 nitrogen and oxygen atoms in total. The number of pyridine rings is 1. The Morgan fingerprint density at radius 3 is 2.46 bits per heavy atom. The van der Waals surface area contributed by atoms with E-state index in [4.69, 9.17) is 4.42 Å². The zero-order chi connectivity index (χ0) is 17.8. The topological polar surface area (TPSA) is 45.4 Å². The summed E-state index contributed by atoms with van der Waals surface area (Å²) in [6.07, 6.45) is 3.69. The van der Waals surface area contributed by atoms with E-state index in [0.29, 0.717) is 0 Å². The van der Waals surface area contributed by atoms with E-state index in [1.807, 2.05) is 54.9 Å². The average Bonchev–Trinajstić information content (AvgIpc) is 3.20. The van der Waals surface area contributed by atoms with Crippen LogP contribution in [-0.2, 0) is 6.54 Å². The maximum Gasteiger partial charge on any atom is 0.211 e. The SMILES string of the molecule is C[C@H](c1ncc(-c2ccccc2)o1)N1CCN(Cc2ccccn2)CC1. The Kier molecular flexibility index (Phi) is 5.09. The monoisotopic (exact) mass is 348 g/mol. The molecule has 1 aliphatic rings. The molecule has 3 aromatic rings. The summed E-state index contributed by atoms with van der Waals surface area (Å²) in [5, 5.41) is 0. The molecule has 1 saturated heterocycles. The number of benzene rings is 1. The Morgan fingerprint density at radius 1 is 0.962 bits per heavy atom. The minimum Gasteiger partial charge on any atom is -0.439 e. The largest absolute Gasteiger partial charge is 0.439 e. The molecule has 1 aliphatic heterocycles. The molecule has 5 heteroatoms. The van der Waals surface area contributed by atoms with E-state index < -0.39 is 0 Å². The molecule has 0 bridgehead atoms. The molecule has 1 atom stereocenters. The van der Waals surface area contributed by atoms with Crippen LogP contribution in [0.15, 0.2) is 65.3 Å². The van der Waals surface area contributed by atoms with Crippen molar-refractivity contribution in [1.29, 1.82) is 0 Å². The lowest BCUT2D eigenvalue weighted by Crippen LogP contribution is -2.46. The van der Waals surface area contributed by atoms with Crippen molar-refractivity contribution in [3.8, 4) is 11.3 Å². The van der Waals surface area contributed by atoms with Gasteiger partial charge in [0.05, 0.1) is 17.9 Å². The fourth-order valence-corrected chi connectivity index (χ4v) is 3.40. The van der Waals surface area contributed by atoms with Gasteiger partial charge in [0.2, 0.25) is 5.89 Å². The Morgan fingerprint density at radius 2 is 1.73 bits per heavy atom. The molecule has 3 heterocycles. The fraction of sp³-hybridized carbons (Fsp3) is 0.333. The van der Waals surface area contributed by atoms with Gasteiger partial charge in [-0.05, 0) is 19.1 Å².